The molecule has 0 radical (unpaired) electrons. The third kappa shape index (κ3) is 3.37. The lowest BCUT2D eigenvalue weighted by atomic mass is 10.3. The van der Waals surface area contributed by atoms with Crippen molar-refractivity contribution in [2.75, 3.05) is 5.43 Å². The zero-order valence-corrected chi connectivity index (χ0v) is 11.5. The Labute approximate surface area is 119 Å². The van der Waals surface area contributed by atoms with Crippen molar-refractivity contribution >= 4 is 21.4 Å². The smallest absolute Gasteiger partial charge is 0.270 e. The number of nitrogens with one attached hydrogen (secondary N) is 2. The van der Waals surface area contributed by atoms with E-state index in [4.69, 9.17) is 10.3 Å². The van der Waals surface area contributed by atoms with Gasteiger partial charge in [0, 0.05) is 12.1 Å². The standard InChI is InChI=1S/C11H12N4O5S/c12-14-10-4-3-8(15(16)17)6-11(10)21(18,19)13-7-9-2-1-5-20-9/h1-6,13-14H,7,12H2. The first-order valence-corrected chi connectivity index (χ1v) is 7.19. The number of rotatable bonds is 6. The molecule has 0 fully saturated rings. The third-order valence-electron chi connectivity index (χ3n) is 2.64. The largest absolute Gasteiger partial charge is 0.468 e. The van der Waals surface area contributed by atoms with Crippen LogP contribution in [0, 0.1) is 10.1 Å². The molecule has 0 spiro atoms. The van der Waals surface area contributed by atoms with E-state index in [2.05, 4.69) is 10.1 Å². The van der Waals surface area contributed by atoms with Crippen LogP contribution in [0.15, 0.2) is 45.9 Å². The summed E-state index contributed by atoms with van der Waals surface area (Å²) in [7, 11) is -3.99. The van der Waals surface area contributed by atoms with Crippen LogP contribution in [0.3, 0.4) is 0 Å². The number of nitrogens with zero attached hydrogens (tertiary/aromatic N) is 1. The van der Waals surface area contributed by atoms with Gasteiger partial charge in [-0.05, 0) is 18.2 Å². The number of nitro groups is 1. The monoisotopic (exact) mass is 312 g/mol. The van der Waals surface area contributed by atoms with Crippen molar-refractivity contribution < 1.29 is 17.8 Å². The van der Waals surface area contributed by atoms with Crippen molar-refractivity contribution in [2.24, 2.45) is 5.84 Å². The van der Waals surface area contributed by atoms with Crippen molar-refractivity contribution in [3.8, 4) is 0 Å². The average Bonchev–Trinajstić information content (AvgIpc) is 2.98. The number of nitrogens with two attached hydrogens (primary N) is 1. The minimum Gasteiger partial charge on any atom is -0.468 e. The van der Waals surface area contributed by atoms with Crippen LogP contribution in [0.1, 0.15) is 5.76 Å². The quantitative estimate of drug-likeness (QED) is 0.409. The van der Waals surface area contributed by atoms with Crippen LogP contribution in [0.25, 0.3) is 0 Å². The van der Waals surface area contributed by atoms with Crippen LogP contribution >= 0.6 is 0 Å². The van der Waals surface area contributed by atoms with Crippen LogP contribution in [-0.4, -0.2) is 13.3 Å². The Bertz CT molecular complexity index is 742. The summed E-state index contributed by atoms with van der Waals surface area (Å²) < 4.78 is 31.7. The van der Waals surface area contributed by atoms with E-state index in [1.165, 1.54) is 12.3 Å². The first kappa shape index (κ1) is 15.0. The Morgan fingerprint density at radius 3 is 2.67 bits per heavy atom. The highest BCUT2D eigenvalue weighted by atomic mass is 32.2. The Balaban J connectivity index is 2.33. The SMILES string of the molecule is NNc1ccc([N+](=O)[O-])cc1S(=O)(=O)NCc1ccco1. The van der Waals surface area contributed by atoms with Gasteiger partial charge in [-0.1, -0.05) is 0 Å². The number of non-ortho nitro benzene ring substituents is 1. The number of benzene rings is 1. The molecule has 0 saturated carbocycles. The van der Waals surface area contributed by atoms with E-state index >= 15 is 0 Å². The number of nitrogen functional groups attached to an aromatic ring is 1. The fraction of sp³-hybridized carbons (Fsp3) is 0.0909. The lowest BCUT2D eigenvalue weighted by Crippen LogP contribution is -2.25. The van der Waals surface area contributed by atoms with Gasteiger partial charge in [-0.3, -0.25) is 16.0 Å². The molecule has 0 unspecified atom stereocenters. The van der Waals surface area contributed by atoms with E-state index in [0.29, 0.717) is 5.76 Å². The fourth-order valence-corrected chi connectivity index (χ4v) is 2.80. The molecular formula is C11H12N4O5S. The van der Waals surface area contributed by atoms with Gasteiger partial charge < -0.3 is 9.84 Å². The van der Waals surface area contributed by atoms with Gasteiger partial charge in [0.05, 0.1) is 23.4 Å². The fourth-order valence-electron chi connectivity index (χ4n) is 1.62. The van der Waals surface area contributed by atoms with Crippen LogP contribution in [-0.2, 0) is 16.6 Å². The molecule has 21 heavy (non-hydrogen) atoms. The normalized spacial score (nSPS) is 11.3. The number of hydrogen-bond donors (Lipinski definition) is 3. The highest BCUT2D eigenvalue weighted by Crippen LogP contribution is 2.25. The predicted octanol–water partition coefficient (Wildman–Crippen LogP) is 0.952. The van der Waals surface area contributed by atoms with Crippen LogP contribution in [0.4, 0.5) is 11.4 Å². The van der Waals surface area contributed by atoms with Crippen LogP contribution in [0.5, 0.6) is 0 Å². The molecule has 2 rings (SSSR count). The molecule has 2 aromatic rings. The van der Waals surface area contributed by atoms with E-state index in [1.807, 2.05) is 0 Å². The molecule has 0 aliphatic carbocycles. The molecule has 4 N–H and O–H groups in total. The summed E-state index contributed by atoms with van der Waals surface area (Å²) in [5.41, 5.74) is 1.89. The number of nitro benzene ring substituents is 1. The lowest BCUT2D eigenvalue weighted by molar-refractivity contribution is -0.385. The summed E-state index contributed by atoms with van der Waals surface area (Å²) in [5.74, 6) is 5.64. The topological polar surface area (TPSA) is 140 Å². The maximum Gasteiger partial charge on any atom is 0.270 e. The number of anilines is 1. The summed E-state index contributed by atoms with van der Waals surface area (Å²) >= 11 is 0. The molecular weight excluding hydrogens is 300 g/mol. The predicted molar refractivity (Wildman–Crippen MR) is 73.6 cm³/mol. The Morgan fingerprint density at radius 1 is 1.33 bits per heavy atom. The highest BCUT2D eigenvalue weighted by Gasteiger charge is 2.22. The molecule has 0 saturated heterocycles. The van der Waals surface area contributed by atoms with Gasteiger partial charge in [0.15, 0.2) is 0 Å². The highest BCUT2D eigenvalue weighted by molar-refractivity contribution is 7.89. The lowest BCUT2D eigenvalue weighted by Gasteiger charge is -2.10. The van der Waals surface area contributed by atoms with Gasteiger partial charge in [0.2, 0.25) is 10.0 Å². The molecule has 1 aromatic heterocycles. The number of furan rings is 1. The van der Waals surface area contributed by atoms with E-state index in [-0.39, 0.29) is 22.8 Å². The summed E-state index contributed by atoms with van der Waals surface area (Å²) in [4.78, 5) is 9.75. The zero-order chi connectivity index (χ0) is 15.5. The second-order valence-corrected chi connectivity index (χ2v) is 5.72. The van der Waals surface area contributed by atoms with Gasteiger partial charge >= 0.3 is 0 Å². The molecule has 0 atom stereocenters. The summed E-state index contributed by atoms with van der Waals surface area (Å²) in [6, 6.07) is 6.52. The average molecular weight is 312 g/mol. The molecule has 0 aliphatic heterocycles. The molecule has 112 valence electrons. The van der Waals surface area contributed by atoms with Crippen molar-refractivity contribution in [1.82, 2.24) is 4.72 Å². The third-order valence-corrected chi connectivity index (χ3v) is 4.08. The zero-order valence-electron chi connectivity index (χ0n) is 10.6. The van der Waals surface area contributed by atoms with Crippen LogP contribution in [0.2, 0.25) is 0 Å². The Hall–Kier alpha value is -2.43. The van der Waals surface area contributed by atoms with Gasteiger partial charge in [-0.25, -0.2) is 13.1 Å². The molecule has 0 aliphatic rings. The molecule has 0 bridgehead atoms. The Morgan fingerprint density at radius 2 is 2.10 bits per heavy atom. The Kier molecular flexibility index (Phi) is 4.21. The molecule has 1 aromatic carbocycles. The van der Waals surface area contributed by atoms with Gasteiger partial charge in [0.1, 0.15) is 10.7 Å². The minimum atomic E-state index is -3.99. The first-order valence-electron chi connectivity index (χ1n) is 5.71. The van der Waals surface area contributed by atoms with Gasteiger partial charge in [0.25, 0.3) is 5.69 Å². The second-order valence-electron chi connectivity index (χ2n) is 3.99. The summed E-state index contributed by atoms with van der Waals surface area (Å²) in [5, 5.41) is 10.7. The molecule has 10 heteroatoms. The van der Waals surface area contributed by atoms with E-state index in [0.717, 1.165) is 12.1 Å². The number of hydrazine groups is 1. The second kappa shape index (κ2) is 5.91. The first-order chi connectivity index (χ1) is 9.94. The van der Waals surface area contributed by atoms with Gasteiger partial charge in [-0.2, -0.15) is 0 Å². The number of hydrogen-bond acceptors (Lipinski definition) is 7. The van der Waals surface area contributed by atoms with Crippen molar-refractivity contribution in [3.63, 3.8) is 0 Å². The molecule has 1 heterocycles. The van der Waals surface area contributed by atoms with E-state index in [1.54, 1.807) is 12.1 Å². The minimum absolute atomic E-state index is 0.0487. The maximum absolute atomic E-state index is 12.2. The summed E-state index contributed by atoms with van der Waals surface area (Å²) in [6.45, 7) is -0.0813. The molecule has 9 nitrogen and oxygen atoms in total. The van der Waals surface area contributed by atoms with Crippen molar-refractivity contribution in [2.45, 2.75) is 11.4 Å². The summed E-state index contributed by atoms with van der Waals surface area (Å²) in [6.07, 6.45) is 1.41. The van der Waals surface area contributed by atoms with E-state index < -0.39 is 14.9 Å². The van der Waals surface area contributed by atoms with Crippen molar-refractivity contribution in [3.05, 3.63) is 52.5 Å². The molecule has 0 amide bonds. The van der Waals surface area contributed by atoms with Gasteiger partial charge in [-0.15, -0.1) is 0 Å². The van der Waals surface area contributed by atoms with Crippen molar-refractivity contribution in [1.29, 1.82) is 0 Å². The number of sulfonamides is 1. The maximum atomic E-state index is 12.2. The van der Waals surface area contributed by atoms with Crippen LogP contribution < -0.4 is 16.0 Å². The van der Waals surface area contributed by atoms with E-state index in [9.17, 15) is 18.5 Å².